The van der Waals surface area contributed by atoms with Crippen LogP contribution in [0.3, 0.4) is 0 Å². The van der Waals surface area contributed by atoms with Crippen molar-refractivity contribution in [1.82, 2.24) is 0 Å². The largest absolute Gasteiger partial charge is 0.468 e. The molecule has 1 aromatic rings. The van der Waals surface area contributed by atoms with Gasteiger partial charge in [-0.3, -0.25) is 9.59 Å². The van der Waals surface area contributed by atoms with Crippen LogP contribution >= 0.6 is 0 Å². The number of hydrogen-bond donors (Lipinski definition) is 1. The number of aryl methyl sites for hydroxylation is 1. The van der Waals surface area contributed by atoms with Gasteiger partial charge in [-0.15, -0.1) is 0 Å². The third kappa shape index (κ3) is 2.30. The van der Waals surface area contributed by atoms with Crippen LogP contribution in [0.1, 0.15) is 12.0 Å². The van der Waals surface area contributed by atoms with E-state index in [0.717, 1.165) is 16.9 Å². The molecule has 1 aliphatic rings. The number of anilines is 2. The van der Waals surface area contributed by atoms with Crippen molar-refractivity contribution in [3.8, 4) is 0 Å². The van der Waals surface area contributed by atoms with Gasteiger partial charge in [-0.25, -0.2) is 0 Å². The zero-order valence-corrected chi connectivity index (χ0v) is 10.5. The molecule has 0 aromatic heterocycles. The highest BCUT2D eigenvalue weighted by Crippen LogP contribution is 2.30. The molecule has 0 spiro atoms. The van der Waals surface area contributed by atoms with E-state index in [1.165, 1.54) is 12.0 Å². The molecule has 0 saturated carbocycles. The van der Waals surface area contributed by atoms with Gasteiger partial charge in [0.1, 0.15) is 6.54 Å². The number of ether oxygens (including phenoxy) is 1. The van der Waals surface area contributed by atoms with Crippen molar-refractivity contribution >= 4 is 23.3 Å². The van der Waals surface area contributed by atoms with Crippen molar-refractivity contribution in [1.29, 1.82) is 0 Å². The van der Waals surface area contributed by atoms with Crippen molar-refractivity contribution in [2.75, 3.05) is 30.9 Å². The summed E-state index contributed by atoms with van der Waals surface area (Å²) in [5.41, 5.74) is 2.88. The first-order chi connectivity index (χ1) is 8.65. The van der Waals surface area contributed by atoms with E-state index >= 15 is 0 Å². The lowest BCUT2D eigenvalue weighted by Crippen LogP contribution is -2.39. The molecule has 1 aliphatic heterocycles. The Kier molecular flexibility index (Phi) is 3.50. The average molecular weight is 248 g/mol. The molecule has 1 heterocycles. The van der Waals surface area contributed by atoms with E-state index in [-0.39, 0.29) is 12.5 Å². The third-order valence-electron chi connectivity index (χ3n) is 3.08. The van der Waals surface area contributed by atoms with Crippen LogP contribution in [0.15, 0.2) is 18.2 Å². The van der Waals surface area contributed by atoms with E-state index in [1.54, 1.807) is 0 Å². The first-order valence-corrected chi connectivity index (χ1v) is 5.83. The van der Waals surface area contributed by atoms with E-state index in [0.29, 0.717) is 12.8 Å². The summed E-state index contributed by atoms with van der Waals surface area (Å²) in [6.07, 6.45) is 1.14. The number of amides is 1. The normalized spacial score (nSPS) is 14.1. The molecular formula is C13H16N2O3. The highest BCUT2D eigenvalue weighted by molar-refractivity contribution is 6.00. The topological polar surface area (TPSA) is 58.6 Å². The molecule has 0 atom stereocenters. The van der Waals surface area contributed by atoms with Crippen LogP contribution in [0, 0.1) is 0 Å². The number of carbonyl (C=O) groups is 2. The first kappa shape index (κ1) is 12.4. The number of fused-ring (bicyclic) bond motifs is 1. The van der Waals surface area contributed by atoms with Crippen LogP contribution in [0.4, 0.5) is 11.4 Å². The number of benzene rings is 1. The second-order valence-corrected chi connectivity index (χ2v) is 4.15. The number of nitrogens with one attached hydrogen (secondary N) is 1. The van der Waals surface area contributed by atoms with Crippen LogP contribution in [0.5, 0.6) is 0 Å². The van der Waals surface area contributed by atoms with Gasteiger partial charge in [-0.1, -0.05) is 0 Å². The number of rotatable bonds is 3. The standard InChI is InChI=1S/C13H16N2O3/c1-14-10-4-5-11-9(7-10)3-6-12(16)15(11)8-13(17)18-2/h4-5,7,14H,3,6,8H2,1-2H3. The summed E-state index contributed by atoms with van der Waals surface area (Å²) in [7, 11) is 3.17. The minimum atomic E-state index is -0.408. The molecule has 5 heteroatoms. The van der Waals surface area contributed by atoms with Crippen LogP contribution < -0.4 is 10.2 Å². The fourth-order valence-corrected chi connectivity index (χ4v) is 2.08. The van der Waals surface area contributed by atoms with Crippen LogP contribution in [0.2, 0.25) is 0 Å². The number of carbonyl (C=O) groups excluding carboxylic acids is 2. The molecule has 0 aliphatic carbocycles. The maximum atomic E-state index is 11.9. The Morgan fingerprint density at radius 1 is 1.44 bits per heavy atom. The molecule has 0 saturated heterocycles. The second-order valence-electron chi connectivity index (χ2n) is 4.15. The minimum Gasteiger partial charge on any atom is -0.468 e. The third-order valence-corrected chi connectivity index (χ3v) is 3.08. The molecule has 0 unspecified atom stereocenters. The Hall–Kier alpha value is -2.04. The first-order valence-electron chi connectivity index (χ1n) is 5.83. The summed E-state index contributed by atoms with van der Waals surface area (Å²) in [6.45, 7) is -0.0266. The van der Waals surface area contributed by atoms with Crippen LogP contribution in [-0.2, 0) is 20.7 Å². The Bertz CT molecular complexity index is 485. The van der Waals surface area contributed by atoms with Crippen molar-refractivity contribution in [2.45, 2.75) is 12.8 Å². The van der Waals surface area contributed by atoms with E-state index < -0.39 is 5.97 Å². The predicted octanol–water partition coefficient (Wildman–Crippen LogP) is 1.18. The Labute approximate surface area is 106 Å². The van der Waals surface area contributed by atoms with Gasteiger partial charge in [0.05, 0.1) is 7.11 Å². The number of methoxy groups -OCH3 is 1. The van der Waals surface area contributed by atoms with Gasteiger partial charge in [0.15, 0.2) is 0 Å². The molecule has 1 N–H and O–H groups in total. The Balaban J connectivity index is 2.32. The summed E-state index contributed by atoms with van der Waals surface area (Å²) >= 11 is 0. The predicted molar refractivity (Wildman–Crippen MR) is 68.7 cm³/mol. The highest BCUT2D eigenvalue weighted by Gasteiger charge is 2.26. The summed E-state index contributed by atoms with van der Waals surface area (Å²) in [5.74, 6) is -0.445. The molecule has 0 radical (unpaired) electrons. The lowest BCUT2D eigenvalue weighted by molar-refractivity contribution is -0.140. The number of hydrogen-bond acceptors (Lipinski definition) is 4. The summed E-state index contributed by atoms with van der Waals surface area (Å²) < 4.78 is 4.62. The molecule has 0 bridgehead atoms. The Morgan fingerprint density at radius 2 is 2.22 bits per heavy atom. The average Bonchev–Trinajstić information content (AvgIpc) is 2.41. The summed E-state index contributed by atoms with van der Waals surface area (Å²) in [4.78, 5) is 24.7. The maximum absolute atomic E-state index is 11.9. The molecule has 2 rings (SSSR count). The van der Waals surface area contributed by atoms with E-state index in [1.807, 2.05) is 25.2 Å². The lowest BCUT2D eigenvalue weighted by atomic mass is 10.0. The van der Waals surface area contributed by atoms with Crippen molar-refractivity contribution < 1.29 is 14.3 Å². The van der Waals surface area contributed by atoms with Gasteiger partial charge >= 0.3 is 5.97 Å². The minimum absolute atomic E-state index is 0.0266. The van der Waals surface area contributed by atoms with Crippen molar-refractivity contribution in [3.63, 3.8) is 0 Å². The molecule has 0 fully saturated rings. The molecule has 1 amide bonds. The number of esters is 1. The second kappa shape index (κ2) is 5.08. The van der Waals surface area contributed by atoms with Crippen LogP contribution in [0.25, 0.3) is 0 Å². The zero-order valence-electron chi connectivity index (χ0n) is 10.5. The molecule has 18 heavy (non-hydrogen) atoms. The van der Waals surface area contributed by atoms with Gasteiger partial charge in [-0.05, 0) is 30.2 Å². The molecule has 1 aromatic carbocycles. The quantitative estimate of drug-likeness (QED) is 0.816. The van der Waals surface area contributed by atoms with Gasteiger partial charge in [0.2, 0.25) is 5.91 Å². The van der Waals surface area contributed by atoms with Gasteiger partial charge in [0.25, 0.3) is 0 Å². The fraction of sp³-hybridized carbons (Fsp3) is 0.385. The zero-order chi connectivity index (χ0) is 13.1. The monoisotopic (exact) mass is 248 g/mol. The number of nitrogens with zero attached hydrogens (tertiary/aromatic N) is 1. The maximum Gasteiger partial charge on any atom is 0.325 e. The highest BCUT2D eigenvalue weighted by atomic mass is 16.5. The van der Waals surface area contributed by atoms with E-state index in [9.17, 15) is 9.59 Å². The van der Waals surface area contributed by atoms with Crippen molar-refractivity contribution in [3.05, 3.63) is 23.8 Å². The summed E-state index contributed by atoms with van der Waals surface area (Å²) in [5, 5.41) is 3.06. The van der Waals surface area contributed by atoms with Crippen LogP contribution in [-0.4, -0.2) is 32.6 Å². The summed E-state index contributed by atoms with van der Waals surface area (Å²) in [6, 6.07) is 5.76. The SMILES string of the molecule is CNc1ccc2c(c1)CCC(=O)N2CC(=O)OC. The van der Waals surface area contributed by atoms with Gasteiger partial charge in [-0.2, -0.15) is 0 Å². The Morgan fingerprint density at radius 3 is 2.89 bits per heavy atom. The van der Waals surface area contributed by atoms with Crippen molar-refractivity contribution in [2.24, 2.45) is 0 Å². The fourth-order valence-electron chi connectivity index (χ4n) is 2.08. The van der Waals surface area contributed by atoms with Gasteiger partial charge in [0, 0.05) is 24.8 Å². The smallest absolute Gasteiger partial charge is 0.325 e. The molecule has 96 valence electrons. The van der Waals surface area contributed by atoms with E-state index in [4.69, 9.17) is 0 Å². The lowest BCUT2D eigenvalue weighted by Gasteiger charge is -2.28. The molecular weight excluding hydrogens is 232 g/mol. The van der Waals surface area contributed by atoms with Gasteiger partial charge < -0.3 is 15.0 Å². The van der Waals surface area contributed by atoms with E-state index in [2.05, 4.69) is 10.1 Å². The molecule has 5 nitrogen and oxygen atoms in total.